The standard InChI is InChI=1S/C32H33ClN8O/c1-17(2)8-26-24(11-34)30(25-15-38-41(31(25)39-26)27-6-7-35-12-18(27)3)19-4-5-28-22(9-19)21-10-23(21)32(42)40(28)16-29-36-13-20(33)14-37-29/h4-5,9,13-15,17-18,21,23,27,35H,6-8,10,12,16H2,1-3H3/t18-,21?,23?,27-/m1/s1. The Morgan fingerprint density at radius 3 is 2.74 bits per heavy atom. The third kappa shape index (κ3) is 4.54. The van der Waals surface area contributed by atoms with Crippen LogP contribution in [0.15, 0.2) is 36.8 Å². The van der Waals surface area contributed by atoms with E-state index in [1.165, 1.54) is 0 Å². The van der Waals surface area contributed by atoms with Crippen LogP contribution >= 0.6 is 11.6 Å². The highest BCUT2D eigenvalue weighted by Gasteiger charge is 2.51. The van der Waals surface area contributed by atoms with Crippen LogP contribution in [0.3, 0.4) is 0 Å². The number of halogens is 1. The minimum Gasteiger partial charge on any atom is -0.316 e. The first-order chi connectivity index (χ1) is 20.3. The minimum atomic E-state index is -0.0337. The zero-order valence-corrected chi connectivity index (χ0v) is 24.8. The number of hydrogen-bond acceptors (Lipinski definition) is 7. The van der Waals surface area contributed by atoms with E-state index in [-0.39, 0.29) is 30.3 Å². The molecule has 4 atom stereocenters. The van der Waals surface area contributed by atoms with Gasteiger partial charge in [0.05, 0.1) is 35.1 Å². The summed E-state index contributed by atoms with van der Waals surface area (Å²) >= 11 is 5.99. The van der Waals surface area contributed by atoms with Gasteiger partial charge in [-0.3, -0.25) is 4.79 Å². The van der Waals surface area contributed by atoms with Crippen molar-refractivity contribution in [1.29, 1.82) is 5.26 Å². The van der Waals surface area contributed by atoms with E-state index in [1.54, 1.807) is 17.3 Å². The van der Waals surface area contributed by atoms with E-state index in [1.807, 2.05) is 18.3 Å². The van der Waals surface area contributed by atoms with Crippen molar-refractivity contribution in [2.45, 2.75) is 58.5 Å². The van der Waals surface area contributed by atoms with Crippen molar-refractivity contribution in [2.75, 3.05) is 18.0 Å². The molecule has 9 nitrogen and oxygen atoms in total. The lowest BCUT2D eigenvalue weighted by atomic mass is 9.90. The molecular formula is C32H33ClN8O. The summed E-state index contributed by atoms with van der Waals surface area (Å²) < 4.78 is 2.09. The number of piperidine rings is 1. The van der Waals surface area contributed by atoms with Crippen LogP contribution in [0.25, 0.3) is 22.2 Å². The molecule has 4 aromatic rings. The Labute approximate surface area is 249 Å². The summed E-state index contributed by atoms with van der Waals surface area (Å²) in [6.45, 7) is 8.73. The fourth-order valence-corrected chi connectivity index (χ4v) is 6.87. The van der Waals surface area contributed by atoms with Crippen LogP contribution in [0.1, 0.15) is 68.2 Å². The minimum absolute atomic E-state index is 0.0337. The number of pyridine rings is 1. The number of rotatable bonds is 6. The Morgan fingerprint density at radius 2 is 2.00 bits per heavy atom. The van der Waals surface area contributed by atoms with Crippen LogP contribution in [0.4, 0.5) is 5.69 Å². The van der Waals surface area contributed by atoms with Gasteiger partial charge in [-0.1, -0.05) is 38.4 Å². The molecule has 42 heavy (non-hydrogen) atoms. The molecule has 1 saturated heterocycles. The molecule has 5 heterocycles. The van der Waals surface area contributed by atoms with Crippen LogP contribution in [0.5, 0.6) is 0 Å². The first-order valence-corrected chi connectivity index (χ1v) is 15.1. The number of anilines is 1. The van der Waals surface area contributed by atoms with Gasteiger partial charge >= 0.3 is 0 Å². The number of nitriles is 1. The summed E-state index contributed by atoms with van der Waals surface area (Å²) in [5.74, 6) is 1.57. The van der Waals surface area contributed by atoms with Crippen LogP contribution in [0.2, 0.25) is 5.02 Å². The molecule has 1 amide bonds. The van der Waals surface area contributed by atoms with Gasteiger partial charge in [-0.05, 0) is 73.4 Å². The van der Waals surface area contributed by atoms with Gasteiger partial charge in [0.2, 0.25) is 5.91 Å². The van der Waals surface area contributed by atoms with Crippen molar-refractivity contribution in [2.24, 2.45) is 17.8 Å². The van der Waals surface area contributed by atoms with Crippen molar-refractivity contribution >= 4 is 34.2 Å². The Hall–Kier alpha value is -3.87. The molecule has 3 aromatic heterocycles. The van der Waals surface area contributed by atoms with Crippen molar-refractivity contribution < 1.29 is 4.79 Å². The van der Waals surface area contributed by atoms with E-state index in [0.29, 0.717) is 34.7 Å². The largest absolute Gasteiger partial charge is 0.316 e. The molecule has 1 aromatic carbocycles. The van der Waals surface area contributed by atoms with Crippen LogP contribution in [-0.2, 0) is 17.8 Å². The van der Waals surface area contributed by atoms with Gasteiger partial charge in [-0.2, -0.15) is 10.4 Å². The Morgan fingerprint density at radius 1 is 1.19 bits per heavy atom. The maximum atomic E-state index is 13.3. The number of fused-ring (bicyclic) bond motifs is 4. The van der Waals surface area contributed by atoms with E-state index >= 15 is 0 Å². The van der Waals surface area contributed by atoms with Gasteiger partial charge in [0, 0.05) is 34.9 Å². The highest BCUT2D eigenvalue weighted by atomic mass is 35.5. The van der Waals surface area contributed by atoms with E-state index in [0.717, 1.165) is 65.0 Å². The van der Waals surface area contributed by atoms with Crippen molar-refractivity contribution in [3.05, 3.63) is 64.5 Å². The molecule has 0 radical (unpaired) electrons. The number of amides is 1. The average Bonchev–Trinajstić information content (AvgIpc) is 3.69. The normalized spacial score (nSPS) is 23.1. The van der Waals surface area contributed by atoms with Crippen LogP contribution < -0.4 is 10.2 Å². The van der Waals surface area contributed by atoms with Gasteiger partial charge in [0.25, 0.3) is 0 Å². The lowest BCUT2D eigenvalue weighted by molar-refractivity contribution is -0.120. The molecule has 3 aliphatic rings. The highest BCUT2D eigenvalue weighted by molar-refractivity contribution is 6.30. The molecule has 7 rings (SSSR count). The third-order valence-electron chi connectivity index (χ3n) is 8.94. The smallest absolute Gasteiger partial charge is 0.231 e. The Kier molecular flexibility index (Phi) is 6.71. The summed E-state index contributed by atoms with van der Waals surface area (Å²) in [5.41, 5.74) is 6.13. The molecular weight excluding hydrogens is 548 g/mol. The Balaban J connectivity index is 1.37. The number of carbonyl (C=O) groups is 1. The molecule has 1 aliphatic carbocycles. The van der Waals surface area contributed by atoms with Gasteiger partial charge < -0.3 is 10.2 Å². The number of hydrogen-bond donors (Lipinski definition) is 1. The van der Waals surface area contributed by atoms with E-state index in [2.05, 4.69) is 52.9 Å². The number of nitrogens with one attached hydrogen (secondary N) is 1. The van der Waals surface area contributed by atoms with Crippen LogP contribution in [-0.4, -0.2) is 43.7 Å². The van der Waals surface area contributed by atoms with E-state index in [9.17, 15) is 10.1 Å². The predicted molar refractivity (Wildman–Crippen MR) is 161 cm³/mol. The molecule has 214 valence electrons. The monoisotopic (exact) mass is 580 g/mol. The van der Waals surface area contributed by atoms with Crippen molar-refractivity contribution in [3.63, 3.8) is 0 Å². The summed E-state index contributed by atoms with van der Waals surface area (Å²) in [4.78, 5) is 28.9. The molecule has 1 N–H and O–H groups in total. The molecule has 2 fully saturated rings. The van der Waals surface area contributed by atoms with E-state index in [4.69, 9.17) is 21.7 Å². The van der Waals surface area contributed by atoms with E-state index < -0.39 is 0 Å². The lowest BCUT2D eigenvalue weighted by Crippen LogP contribution is -2.36. The second-order valence-corrected chi connectivity index (χ2v) is 12.8. The average molecular weight is 581 g/mol. The number of carbonyl (C=O) groups excluding carboxylic acids is 1. The zero-order valence-electron chi connectivity index (χ0n) is 24.0. The summed E-state index contributed by atoms with van der Waals surface area (Å²) in [6, 6.07) is 8.99. The first kappa shape index (κ1) is 27.0. The molecule has 2 unspecified atom stereocenters. The molecule has 1 saturated carbocycles. The summed E-state index contributed by atoms with van der Waals surface area (Å²) in [7, 11) is 0. The summed E-state index contributed by atoms with van der Waals surface area (Å²) in [6.07, 6.45) is 7.52. The second kappa shape index (κ2) is 10.4. The number of aromatic nitrogens is 5. The van der Waals surface area contributed by atoms with Crippen molar-refractivity contribution in [3.8, 4) is 17.2 Å². The quantitative estimate of drug-likeness (QED) is 0.323. The Bertz CT molecular complexity index is 1740. The highest BCUT2D eigenvalue weighted by Crippen LogP contribution is 2.56. The lowest BCUT2D eigenvalue weighted by Gasteiger charge is -2.30. The SMILES string of the molecule is CC(C)Cc1nc2c(cnn2[C@@H]2CCNC[C@H]2C)c(-c2ccc3c(c2)C2CC2C(=O)N3Cc2ncc(Cl)cn2)c1C#N. The first-order valence-electron chi connectivity index (χ1n) is 14.8. The van der Waals surface area contributed by atoms with Crippen molar-refractivity contribution in [1.82, 2.24) is 30.0 Å². The molecule has 2 aliphatic heterocycles. The van der Waals surface area contributed by atoms with Gasteiger partial charge in [0.1, 0.15) is 11.9 Å². The fraction of sp³-hybridized carbons (Fsp3) is 0.438. The molecule has 10 heteroatoms. The van der Waals surface area contributed by atoms with Gasteiger partial charge in [0.15, 0.2) is 5.65 Å². The zero-order chi connectivity index (χ0) is 29.1. The number of nitrogens with zero attached hydrogens (tertiary/aromatic N) is 7. The predicted octanol–water partition coefficient (Wildman–Crippen LogP) is 5.43. The molecule has 0 bridgehead atoms. The maximum Gasteiger partial charge on any atom is 0.231 e. The number of benzene rings is 1. The third-order valence-corrected chi connectivity index (χ3v) is 9.13. The fourth-order valence-electron chi connectivity index (χ4n) is 6.78. The maximum absolute atomic E-state index is 13.3. The molecule has 0 spiro atoms. The second-order valence-electron chi connectivity index (χ2n) is 12.3. The van der Waals surface area contributed by atoms with Crippen LogP contribution in [0, 0.1) is 29.1 Å². The topological polar surface area (TPSA) is 113 Å². The van der Waals surface area contributed by atoms with Gasteiger partial charge in [-0.25, -0.2) is 19.6 Å². The van der Waals surface area contributed by atoms with Gasteiger partial charge in [-0.15, -0.1) is 0 Å². The summed E-state index contributed by atoms with van der Waals surface area (Å²) in [5, 5.41) is 20.2.